The molecule has 1 N–H and O–H groups in total. The molecule has 1 saturated heterocycles. The number of benzene rings is 2. The van der Waals surface area contributed by atoms with Crippen molar-refractivity contribution in [2.45, 2.75) is 44.9 Å². The van der Waals surface area contributed by atoms with Gasteiger partial charge in [0.15, 0.2) is 0 Å². The number of rotatable bonds is 9. The van der Waals surface area contributed by atoms with Gasteiger partial charge in [0.25, 0.3) is 0 Å². The molecule has 2 heterocycles. The summed E-state index contributed by atoms with van der Waals surface area (Å²) >= 11 is 0. The highest BCUT2D eigenvalue weighted by Gasteiger charge is 2.65. The van der Waals surface area contributed by atoms with Crippen molar-refractivity contribution in [2.75, 3.05) is 20.8 Å². The lowest BCUT2D eigenvalue weighted by molar-refractivity contribution is -0.147. The third kappa shape index (κ3) is 4.26. The van der Waals surface area contributed by atoms with Gasteiger partial charge < -0.3 is 19.3 Å². The van der Waals surface area contributed by atoms with E-state index in [-0.39, 0.29) is 18.5 Å². The van der Waals surface area contributed by atoms with E-state index in [1.165, 1.54) is 14.2 Å². The minimum absolute atomic E-state index is 0.146. The van der Waals surface area contributed by atoms with E-state index < -0.39 is 11.5 Å². The van der Waals surface area contributed by atoms with Crippen LogP contribution in [0.25, 0.3) is 11.1 Å². The van der Waals surface area contributed by atoms with E-state index in [1.54, 1.807) is 0 Å². The first kappa shape index (κ1) is 24.1. The maximum Gasteiger partial charge on any atom is 0.324 e. The molecule has 2 fully saturated rings. The first-order chi connectivity index (χ1) is 17.5. The largest absolute Gasteiger partial charge is 0.481 e. The van der Waals surface area contributed by atoms with E-state index in [1.807, 2.05) is 35.2 Å². The Morgan fingerprint density at radius 2 is 1.81 bits per heavy atom. The smallest absolute Gasteiger partial charge is 0.324 e. The number of nitrogens with zero attached hydrogens (tertiary/aromatic N) is 3. The molecule has 0 spiro atoms. The number of carboxylic acid groups (broad SMARTS) is 1. The van der Waals surface area contributed by atoms with Gasteiger partial charge in [-0.25, -0.2) is 0 Å². The average Bonchev–Trinajstić information content (AvgIpc) is 3.66. The molecule has 3 aromatic rings. The SMILES string of the molecule is COc1nc(OCc2cccc(-c3ccccc3)c2C)nc(OC)c1CN1CCCC2CC21C(=O)O. The monoisotopic (exact) mass is 489 g/mol. The second-order valence-electron chi connectivity index (χ2n) is 9.44. The number of aliphatic carboxylic acids is 1. The summed E-state index contributed by atoms with van der Waals surface area (Å²) in [7, 11) is 3.07. The lowest BCUT2D eigenvalue weighted by Crippen LogP contribution is -2.47. The maximum absolute atomic E-state index is 12.1. The van der Waals surface area contributed by atoms with Crippen LogP contribution < -0.4 is 14.2 Å². The van der Waals surface area contributed by atoms with Crippen molar-refractivity contribution in [2.24, 2.45) is 5.92 Å². The Bertz CT molecular complexity index is 1240. The van der Waals surface area contributed by atoms with Crippen LogP contribution in [0.15, 0.2) is 48.5 Å². The van der Waals surface area contributed by atoms with Gasteiger partial charge in [-0.1, -0.05) is 48.5 Å². The number of piperidine rings is 1. The standard InChI is InChI=1S/C28H31N3O5/c1-18-20(11-7-13-22(18)19-9-5-4-6-10-19)17-36-27-29-24(34-2)23(25(30-27)35-3)16-31-14-8-12-21-15-28(21,31)26(32)33/h4-7,9-11,13,21H,8,12,14-17H2,1-3H3,(H,32,33). The molecule has 1 aliphatic carbocycles. The summed E-state index contributed by atoms with van der Waals surface area (Å²) in [5, 5.41) is 9.92. The number of carboxylic acids is 1. The van der Waals surface area contributed by atoms with Crippen molar-refractivity contribution >= 4 is 5.97 Å². The molecule has 36 heavy (non-hydrogen) atoms. The number of aromatic nitrogens is 2. The van der Waals surface area contributed by atoms with Crippen LogP contribution >= 0.6 is 0 Å². The van der Waals surface area contributed by atoms with Crippen molar-refractivity contribution in [3.8, 4) is 28.9 Å². The molecule has 2 aromatic carbocycles. The average molecular weight is 490 g/mol. The predicted molar refractivity (Wildman–Crippen MR) is 134 cm³/mol. The van der Waals surface area contributed by atoms with Crippen LogP contribution in [0.2, 0.25) is 0 Å². The summed E-state index contributed by atoms with van der Waals surface area (Å²) in [6, 6.07) is 16.5. The molecule has 188 valence electrons. The van der Waals surface area contributed by atoms with Crippen molar-refractivity contribution in [1.29, 1.82) is 0 Å². The molecule has 5 rings (SSSR count). The van der Waals surface area contributed by atoms with E-state index in [9.17, 15) is 9.90 Å². The van der Waals surface area contributed by atoms with Crippen molar-refractivity contribution in [3.05, 3.63) is 65.2 Å². The minimum atomic E-state index is -0.801. The fourth-order valence-corrected chi connectivity index (χ4v) is 5.46. The van der Waals surface area contributed by atoms with Crippen LogP contribution in [-0.4, -0.2) is 52.2 Å². The van der Waals surface area contributed by atoms with Gasteiger partial charge in [0, 0.05) is 6.54 Å². The van der Waals surface area contributed by atoms with Gasteiger partial charge in [-0.05, 0) is 60.9 Å². The number of likely N-dealkylation sites (tertiary alicyclic amines) is 1. The highest BCUT2D eigenvalue weighted by Crippen LogP contribution is 2.55. The van der Waals surface area contributed by atoms with Gasteiger partial charge in [-0.2, -0.15) is 9.97 Å². The Kier molecular flexibility index (Phi) is 6.53. The van der Waals surface area contributed by atoms with Crippen molar-refractivity contribution < 1.29 is 24.1 Å². The number of hydrogen-bond donors (Lipinski definition) is 1. The van der Waals surface area contributed by atoms with Crippen LogP contribution in [0, 0.1) is 12.8 Å². The molecule has 0 bridgehead atoms. The fourth-order valence-electron chi connectivity index (χ4n) is 5.46. The van der Waals surface area contributed by atoms with Crippen LogP contribution in [0.5, 0.6) is 17.8 Å². The lowest BCUT2D eigenvalue weighted by atomic mass is 9.97. The normalized spacial score (nSPS) is 20.9. The van der Waals surface area contributed by atoms with Gasteiger partial charge in [0.2, 0.25) is 11.8 Å². The van der Waals surface area contributed by atoms with Crippen LogP contribution in [-0.2, 0) is 17.9 Å². The predicted octanol–water partition coefficient (Wildman–Crippen LogP) is 4.49. The molecular formula is C28H31N3O5. The zero-order valence-corrected chi connectivity index (χ0v) is 20.9. The number of ether oxygens (including phenoxy) is 3. The Balaban J connectivity index is 1.37. The Morgan fingerprint density at radius 1 is 1.08 bits per heavy atom. The van der Waals surface area contributed by atoms with E-state index in [4.69, 9.17) is 14.2 Å². The summed E-state index contributed by atoms with van der Waals surface area (Å²) in [5.41, 5.74) is 4.28. The molecule has 2 atom stereocenters. The zero-order chi connectivity index (χ0) is 25.3. The summed E-state index contributed by atoms with van der Waals surface area (Å²) in [6.45, 7) is 3.40. The number of carbonyl (C=O) groups is 1. The van der Waals surface area contributed by atoms with Gasteiger partial charge in [-0.15, -0.1) is 0 Å². The summed E-state index contributed by atoms with van der Waals surface area (Å²) in [5.74, 6) is 0.0862. The van der Waals surface area contributed by atoms with Crippen molar-refractivity contribution in [3.63, 3.8) is 0 Å². The third-order valence-corrected chi connectivity index (χ3v) is 7.52. The van der Waals surface area contributed by atoms with Crippen LogP contribution in [0.1, 0.15) is 36.0 Å². The summed E-state index contributed by atoms with van der Waals surface area (Å²) in [4.78, 5) is 23.1. The topological polar surface area (TPSA) is 94.0 Å². The molecular weight excluding hydrogens is 458 g/mol. The highest BCUT2D eigenvalue weighted by molar-refractivity contribution is 5.83. The van der Waals surface area contributed by atoms with Crippen LogP contribution in [0.3, 0.4) is 0 Å². The van der Waals surface area contributed by atoms with E-state index in [0.29, 0.717) is 36.8 Å². The number of fused-ring (bicyclic) bond motifs is 1. The number of hydrogen-bond acceptors (Lipinski definition) is 7. The Morgan fingerprint density at radius 3 is 2.47 bits per heavy atom. The Hall–Kier alpha value is -3.65. The van der Waals surface area contributed by atoms with Crippen molar-refractivity contribution in [1.82, 2.24) is 14.9 Å². The zero-order valence-electron chi connectivity index (χ0n) is 20.9. The summed E-state index contributed by atoms with van der Waals surface area (Å²) < 4.78 is 17.2. The first-order valence-corrected chi connectivity index (χ1v) is 12.2. The van der Waals surface area contributed by atoms with E-state index >= 15 is 0 Å². The number of methoxy groups -OCH3 is 2. The molecule has 8 nitrogen and oxygen atoms in total. The molecule has 0 radical (unpaired) electrons. The lowest BCUT2D eigenvalue weighted by Gasteiger charge is -2.33. The van der Waals surface area contributed by atoms with Gasteiger partial charge in [0.05, 0.1) is 19.8 Å². The first-order valence-electron chi connectivity index (χ1n) is 12.2. The molecule has 8 heteroatoms. The molecule has 1 saturated carbocycles. The van der Waals surface area contributed by atoms with Gasteiger partial charge >= 0.3 is 12.0 Å². The Labute approximate surface area is 210 Å². The van der Waals surface area contributed by atoms with E-state index in [0.717, 1.165) is 35.1 Å². The fraction of sp³-hybridized carbons (Fsp3) is 0.393. The molecule has 2 aliphatic rings. The van der Waals surface area contributed by atoms with E-state index in [2.05, 4.69) is 35.1 Å². The molecule has 2 unspecified atom stereocenters. The minimum Gasteiger partial charge on any atom is -0.481 e. The molecule has 1 aromatic heterocycles. The maximum atomic E-state index is 12.1. The second kappa shape index (κ2) is 9.78. The van der Waals surface area contributed by atoms with Gasteiger partial charge in [-0.3, -0.25) is 9.69 Å². The quantitative estimate of drug-likeness (QED) is 0.470. The second-order valence-corrected chi connectivity index (χ2v) is 9.44. The summed E-state index contributed by atoms with van der Waals surface area (Å²) in [6.07, 6.45) is 2.59. The molecule has 0 amide bonds. The highest BCUT2D eigenvalue weighted by atomic mass is 16.5. The molecule has 1 aliphatic heterocycles. The third-order valence-electron chi connectivity index (χ3n) is 7.52. The van der Waals surface area contributed by atoms with Crippen LogP contribution in [0.4, 0.5) is 0 Å². The van der Waals surface area contributed by atoms with Gasteiger partial charge in [0.1, 0.15) is 12.1 Å².